The van der Waals surface area contributed by atoms with Crippen LogP contribution < -0.4 is 15.7 Å². The fourth-order valence-electron chi connectivity index (χ4n) is 7.52. The summed E-state index contributed by atoms with van der Waals surface area (Å²) in [6.45, 7) is 8.09. The lowest BCUT2D eigenvalue weighted by Crippen LogP contribution is -2.07. The Morgan fingerprint density at radius 2 is 1.07 bits per heavy atom. The van der Waals surface area contributed by atoms with Gasteiger partial charge in [0, 0.05) is 62.2 Å². The minimum absolute atomic E-state index is 0. The summed E-state index contributed by atoms with van der Waals surface area (Å²) in [6, 6.07) is 28.4. The molecule has 0 unspecified atom stereocenters. The van der Waals surface area contributed by atoms with Gasteiger partial charge in [0.25, 0.3) is 0 Å². The van der Waals surface area contributed by atoms with Crippen LogP contribution in [0, 0.1) is 27.7 Å². The molecule has 0 saturated carbocycles. The van der Waals surface area contributed by atoms with Crippen LogP contribution in [-0.4, -0.2) is 27.9 Å². The first-order chi connectivity index (χ1) is 26.4. The molecule has 0 spiro atoms. The molecule has 0 aliphatic rings. The number of aromatic hydroxyl groups is 1. The number of thiophene rings is 2. The predicted molar refractivity (Wildman–Crippen MR) is 234 cm³/mol. The third kappa shape index (κ3) is 5.50. The smallest absolute Gasteiger partial charge is 0.136 e. The summed E-state index contributed by atoms with van der Waals surface area (Å²) < 4.78 is 38.6. The Morgan fingerprint density at radius 1 is 0.611 bits per heavy atom. The number of fused-ring (bicyclic) bond motifs is 8. The van der Waals surface area contributed by atoms with Crippen LogP contribution in [0.25, 0.3) is 84.5 Å². The second kappa shape index (κ2) is 13.5. The normalized spacial score (nSPS) is 12.0. The molecule has 10 rings (SSSR count). The molecule has 0 atom stereocenters. The van der Waals surface area contributed by atoms with Gasteiger partial charge in [-0.05, 0) is 86.3 Å². The van der Waals surface area contributed by atoms with Crippen LogP contribution in [0.5, 0.6) is 11.5 Å². The average Bonchev–Trinajstić information content (AvgIpc) is 3.88. The van der Waals surface area contributed by atoms with E-state index in [2.05, 4.69) is 62.4 Å². The van der Waals surface area contributed by atoms with Crippen molar-refractivity contribution in [3.8, 4) is 33.8 Å². The summed E-state index contributed by atoms with van der Waals surface area (Å²) in [5.41, 5.74) is 8.37. The number of phenolic OH excluding ortho intramolecular Hbond substituents is 1. The molecule has 0 saturated heterocycles. The molecule has 0 bridgehead atoms. The second-order valence-corrected chi connectivity index (χ2v) is 15.5. The van der Waals surface area contributed by atoms with E-state index in [0.29, 0.717) is 11.2 Å². The summed E-state index contributed by atoms with van der Waals surface area (Å²) in [6.07, 6.45) is 0. The van der Waals surface area contributed by atoms with E-state index in [1.807, 2.05) is 38.1 Å². The Kier molecular flexibility index (Phi) is 8.26. The molecule has 4 radical (unpaired) electrons. The topological polar surface area (TPSA) is 55.7 Å². The van der Waals surface area contributed by atoms with Gasteiger partial charge in [-0.3, -0.25) is 0 Å². The molecule has 6 aromatic carbocycles. The van der Waals surface area contributed by atoms with Gasteiger partial charge >= 0.3 is 0 Å². The highest BCUT2D eigenvalue weighted by Crippen LogP contribution is 2.48. The molecule has 0 fully saturated rings. The number of benzene rings is 6. The molecule has 0 aliphatic heterocycles. The number of methoxy groups -OCH3 is 1. The summed E-state index contributed by atoms with van der Waals surface area (Å²) >= 11 is 3.48. The van der Waals surface area contributed by atoms with Crippen molar-refractivity contribution in [1.29, 1.82) is 0 Å². The highest BCUT2D eigenvalue weighted by Gasteiger charge is 2.22. The van der Waals surface area contributed by atoms with Crippen LogP contribution in [0.2, 0.25) is 0 Å². The van der Waals surface area contributed by atoms with Gasteiger partial charge in [0.15, 0.2) is 0 Å². The molecular weight excluding hydrogens is 702 g/mol. The number of phenols is 1. The van der Waals surface area contributed by atoms with Crippen LogP contribution in [-0.2, 0) is 0 Å². The largest absolute Gasteiger partial charge is 0.509 e. The van der Waals surface area contributed by atoms with E-state index in [-0.39, 0.29) is 30.7 Å². The third-order valence-corrected chi connectivity index (χ3v) is 12.5. The quantitative estimate of drug-likeness (QED) is 0.183. The lowest BCUT2D eigenvalue weighted by Gasteiger charge is -2.11. The lowest BCUT2D eigenvalue weighted by molar-refractivity contribution is 0.418. The first kappa shape index (κ1) is 33.2. The van der Waals surface area contributed by atoms with Gasteiger partial charge in [0.2, 0.25) is 0 Å². The van der Waals surface area contributed by atoms with Crippen LogP contribution >= 0.6 is 22.7 Å². The van der Waals surface area contributed by atoms with Crippen LogP contribution in [0.15, 0.2) is 106 Å². The van der Waals surface area contributed by atoms with E-state index in [0.717, 1.165) is 76.9 Å². The zero-order chi connectivity index (χ0) is 38.4. The van der Waals surface area contributed by atoms with E-state index in [1.54, 1.807) is 34.8 Å². The van der Waals surface area contributed by atoms with Gasteiger partial charge in [0.05, 0.1) is 9.85 Å². The Labute approximate surface area is 327 Å². The first-order valence-corrected chi connectivity index (χ1v) is 18.8. The number of hydrogen-bond acceptors (Lipinski definition) is 6. The standard InChI is InChI=1S/C23H17BO2S.C22H15BO2S.CH4/c1-12-13(2)26-18-11-20-23(15-6-4-5-7-19(15)27-20)22(21(12)18)14-8-9-17(25-3)16(24)10-14;1-11-12(2)25-17-10-19-22(14-5-3-4-6-18(14)26-19)21(20(11)17)13-7-8-16(24)15(23)9-13;/h4-11H,1-3H3;3-10,24H,1-2H3;1H4/i9D;8D;. The first-order valence-electron chi connectivity index (χ1n) is 18.2. The number of rotatable bonds is 3. The molecule has 10 aromatic rings. The Hall–Kier alpha value is -5.43. The van der Waals surface area contributed by atoms with Gasteiger partial charge < -0.3 is 18.7 Å². The van der Waals surface area contributed by atoms with E-state index >= 15 is 0 Å². The van der Waals surface area contributed by atoms with Crippen molar-refractivity contribution in [3.05, 3.63) is 120 Å². The van der Waals surface area contributed by atoms with E-state index < -0.39 is 0 Å². The molecule has 4 aromatic heterocycles. The SMILES string of the molecule is C.[2H]c1cc(-c2c3c(C)c(C)oc3cc3sc4ccccc4c23)cc([B])c1O.[2H]c1cc(-c2c3c(C)c(C)oc3cc3sc4ccccc4c23)cc([B])c1OC. The van der Waals surface area contributed by atoms with E-state index in [1.165, 1.54) is 37.4 Å². The second-order valence-electron chi connectivity index (χ2n) is 13.3. The minimum Gasteiger partial charge on any atom is -0.509 e. The van der Waals surface area contributed by atoms with Gasteiger partial charge in [-0.2, -0.15) is 0 Å². The highest BCUT2D eigenvalue weighted by molar-refractivity contribution is 7.26. The monoisotopic (exact) mass is 740 g/mol. The van der Waals surface area contributed by atoms with E-state index in [4.69, 9.17) is 32.0 Å². The summed E-state index contributed by atoms with van der Waals surface area (Å²) in [5.74, 6) is 2.01. The molecule has 8 heteroatoms. The zero-order valence-electron chi connectivity index (χ0n) is 31.7. The van der Waals surface area contributed by atoms with Crippen LogP contribution in [0.4, 0.5) is 0 Å². The molecule has 4 nitrogen and oxygen atoms in total. The van der Waals surface area contributed by atoms with Gasteiger partial charge in [-0.1, -0.05) is 79.0 Å². The average molecular weight is 741 g/mol. The molecule has 262 valence electrons. The van der Waals surface area contributed by atoms with Crippen molar-refractivity contribution in [2.24, 2.45) is 0 Å². The lowest BCUT2D eigenvalue weighted by atomic mass is 9.88. The van der Waals surface area contributed by atoms with Crippen molar-refractivity contribution < 1.29 is 21.4 Å². The Bertz CT molecular complexity index is 3160. The fraction of sp³-hybridized carbons (Fsp3) is 0.130. The Balaban J connectivity index is 0.000000155. The van der Waals surface area contributed by atoms with Crippen molar-refractivity contribution in [3.63, 3.8) is 0 Å². The van der Waals surface area contributed by atoms with Gasteiger partial charge in [0.1, 0.15) is 49.9 Å². The third-order valence-electron chi connectivity index (χ3n) is 10.3. The maximum Gasteiger partial charge on any atom is 0.136 e. The van der Waals surface area contributed by atoms with Crippen molar-refractivity contribution >= 4 is 112 Å². The molecule has 0 amide bonds. The minimum atomic E-state index is -0.183. The molecule has 1 N–H and O–H groups in total. The summed E-state index contributed by atoms with van der Waals surface area (Å²) in [7, 11) is 13.8. The number of furan rings is 2. The maximum absolute atomic E-state index is 9.97. The molecule has 54 heavy (non-hydrogen) atoms. The van der Waals surface area contributed by atoms with Crippen molar-refractivity contribution in [2.45, 2.75) is 35.1 Å². The molecule has 0 aliphatic carbocycles. The van der Waals surface area contributed by atoms with Gasteiger partial charge in [-0.25, -0.2) is 0 Å². The van der Waals surface area contributed by atoms with Crippen LogP contribution in [0.1, 0.15) is 32.8 Å². The van der Waals surface area contributed by atoms with Crippen molar-refractivity contribution in [1.82, 2.24) is 0 Å². The summed E-state index contributed by atoms with van der Waals surface area (Å²) in [4.78, 5) is 0. The van der Waals surface area contributed by atoms with E-state index in [9.17, 15) is 5.11 Å². The van der Waals surface area contributed by atoms with Crippen molar-refractivity contribution in [2.75, 3.05) is 7.11 Å². The predicted octanol–water partition coefficient (Wildman–Crippen LogP) is 12.1. The maximum atomic E-state index is 9.97. The van der Waals surface area contributed by atoms with Crippen LogP contribution in [0.3, 0.4) is 0 Å². The van der Waals surface area contributed by atoms with Gasteiger partial charge in [-0.15, -0.1) is 22.7 Å². The molecule has 4 heterocycles. The number of aryl methyl sites for hydroxylation is 4. The Morgan fingerprint density at radius 3 is 1.54 bits per heavy atom. The summed E-state index contributed by atoms with van der Waals surface area (Å²) in [5, 5.41) is 16.8. The fourth-order valence-corrected chi connectivity index (χ4v) is 9.81. The highest BCUT2D eigenvalue weighted by atomic mass is 32.1. The number of ether oxygens (including phenoxy) is 1. The molecular formula is C46H36B2O4S2. The zero-order valence-corrected chi connectivity index (χ0v) is 31.4. The number of hydrogen-bond donors (Lipinski definition) is 1.